The van der Waals surface area contributed by atoms with E-state index in [4.69, 9.17) is 5.73 Å². The predicted octanol–water partition coefficient (Wildman–Crippen LogP) is 2.11. The Hall–Kier alpha value is -0.980. The molecule has 0 spiro atoms. The summed E-state index contributed by atoms with van der Waals surface area (Å²) in [4.78, 5) is -0.000856. The van der Waals surface area contributed by atoms with Crippen LogP contribution in [0, 0.1) is 5.82 Å². The smallest absolute Gasteiger partial charge is 0.243 e. The van der Waals surface area contributed by atoms with Gasteiger partial charge >= 0.3 is 0 Å². The Morgan fingerprint density at radius 3 is 2.50 bits per heavy atom. The molecule has 112 valence electrons. The average molecular weight is 300 g/mol. The summed E-state index contributed by atoms with van der Waals surface area (Å²) in [5.41, 5.74) is 5.36. The number of hydrogen-bond acceptors (Lipinski definition) is 3. The molecule has 2 N–H and O–H groups in total. The van der Waals surface area contributed by atoms with E-state index < -0.39 is 21.4 Å². The topological polar surface area (TPSA) is 63.4 Å². The molecule has 1 aliphatic carbocycles. The molecule has 4 nitrogen and oxygen atoms in total. The van der Waals surface area contributed by atoms with E-state index in [9.17, 15) is 12.8 Å². The largest absolute Gasteiger partial charge is 0.329 e. The molecule has 1 aromatic carbocycles. The van der Waals surface area contributed by atoms with Crippen LogP contribution in [-0.2, 0) is 10.0 Å². The predicted molar refractivity (Wildman–Crippen MR) is 76.2 cm³/mol. The molecule has 0 amide bonds. The molecule has 0 aromatic heterocycles. The van der Waals surface area contributed by atoms with Crippen LogP contribution in [0.25, 0.3) is 0 Å². The van der Waals surface area contributed by atoms with E-state index in [1.165, 1.54) is 22.5 Å². The third-order valence-electron chi connectivity index (χ3n) is 4.11. The quantitative estimate of drug-likeness (QED) is 0.906. The first-order valence-corrected chi connectivity index (χ1v) is 8.39. The Balaban J connectivity index is 2.45. The molecule has 0 heterocycles. The number of halogens is 1. The highest BCUT2D eigenvalue weighted by molar-refractivity contribution is 7.89. The lowest BCUT2D eigenvalue weighted by Gasteiger charge is -2.38. The summed E-state index contributed by atoms with van der Waals surface area (Å²) in [7, 11) is -3.71. The normalized spacial score (nSPS) is 18.6. The second-order valence-electron chi connectivity index (χ2n) is 5.26. The molecule has 0 saturated heterocycles. The van der Waals surface area contributed by atoms with Crippen molar-refractivity contribution in [3.05, 3.63) is 30.1 Å². The molecule has 0 unspecified atom stereocenters. The fourth-order valence-corrected chi connectivity index (χ4v) is 4.98. The first kappa shape index (κ1) is 15.4. The first-order chi connectivity index (χ1) is 9.46. The monoisotopic (exact) mass is 300 g/mol. The van der Waals surface area contributed by atoms with Crippen LogP contribution in [0.4, 0.5) is 4.39 Å². The maximum absolute atomic E-state index is 13.3. The minimum atomic E-state index is -3.71. The van der Waals surface area contributed by atoms with E-state index in [1.54, 1.807) is 6.92 Å². The molecule has 1 fully saturated rings. The number of hydrogen-bond donors (Lipinski definition) is 1. The van der Waals surface area contributed by atoms with Crippen molar-refractivity contribution >= 4 is 10.0 Å². The number of rotatable bonds is 5. The van der Waals surface area contributed by atoms with Crippen LogP contribution >= 0.6 is 0 Å². The van der Waals surface area contributed by atoms with Crippen molar-refractivity contribution < 1.29 is 12.8 Å². The van der Waals surface area contributed by atoms with Crippen LogP contribution in [0.1, 0.15) is 32.6 Å². The number of nitrogens with two attached hydrogens (primary N) is 1. The Bertz CT molecular complexity index is 568. The van der Waals surface area contributed by atoms with E-state index in [0.717, 1.165) is 31.7 Å². The summed E-state index contributed by atoms with van der Waals surface area (Å²) in [5.74, 6) is -0.546. The molecule has 1 aliphatic rings. The Kier molecular flexibility index (Phi) is 4.46. The fourth-order valence-electron chi connectivity index (χ4n) is 3.10. The second-order valence-corrected chi connectivity index (χ2v) is 7.13. The Labute approximate surface area is 119 Å². The lowest BCUT2D eigenvalue weighted by atomic mass is 9.98. The van der Waals surface area contributed by atoms with E-state index in [2.05, 4.69) is 0 Å². The van der Waals surface area contributed by atoms with Crippen molar-refractivity contribution in [2.24, 2.45) is 5.73 Å². The van der Waals surface area contributed by atoms with E-state index in [1.807, 2.05) is 0 Å². The summed E-state index contributed by atoms with van der Waals surface area (Å²) in [5, 5.41) is 0. The standard InChI is InChI=1S/C14H21FN2O2S/c1-2-17(14(11-16)8-3-4-9-14)20(18,19)13-7-5-6-12(15)10-13/h5-7,10H,2-4,8-9,11,16H2,1H3. The highest BCUT2D eigenvalue weighted by atomic mass is 32.2. The van der Waals surface area contributed by atoms with E-state index >= 15 is 0 Å². The zero-order valence-corrected chi connectivity index (χ0v) is 12.5. The van der Waals surface area contributed by atoms with Gasteiger partial charge in [-0.25, -0.2) is 12.8 Å². The number of benzene rings is 1. The molecule has 2 rings (SSSR count). The van der Waals surface area contributed by atoms with Crippen molar-refractivity contribution in [1.29, 1.82) is 0 Å². The number of nitrogens with zero attached hydrogens (tertiary/aromatic N) is 1. The second kappa shape index (κ2) is 5.79. The average Bonchev–Trinajstić information content (AvgIpc) is 2.89. The summed E-state index contributed by atoms with van der Waals surface area (Å²) < 4.78 is 40.3. The Morgan fingerprint density at radius 2 is 2.00 bits per heavy atom. The highest BCUT2D eigenvalue weighted by Gasteiger charge is 2.44. The van der Waals surface area contributed by atoms with Gasteiger partial charge in [0.15, 0.2) is 0 Å². The molecule has 0 radical (unpaired) electrons. The summed E-state index contributed by atoms with van der Waals surface area (Å²) in [6.07, 6.45) is 3.50. The van der Waals surface area contributed by atoms with Crippen molar-refractivity contribution in [2.75, 3.05) is 13.1 Å². The number of likely N-dealkylation sites (N-methyl/N-ethyl adjacent to an activating group) is 1. The zero-order valence-electron chi connectivity index (χ0n) is 11.7. The molecule has 1 aromatic rings. The van der Waals surface area contributed by atoms with Gasteiger partial charge in [-0.3, -0.25) is 0 Å². The fraction of sp³-hybridized carbons (Fsp3) is 0.571. The van der Waals surface area contributed by atoms with Gasteiger partial charge in [-0.1, -0.05) is 25.8 Å². The van der Waals surface area contributed by atoms with Crippen LogP contribution in [0.5, 0.6) is 0 Å². The molecule has 0 aliphatic heterocycles. The summed E-state index contributed by atoms with van der Waals surface area (Å²) in [6.45, 7) is 2.44. The Morgan fingerprint density at radius 1 is 1.35 bits per heavy atom. The van der Waals surface area contributed by atoms with Gasteiger partial charge in [0.05, 0.1) is 4.90 Å². The molecule has 0 atom stereocenters. The molecular formula is C14H21FN2O2S. The van der Waals surface area contributed by atoms with Gasteiger partial charge in [0.1, 0.15) is 5.82 Å². The first-order valence-electron chi connectivity index (χ1n) is 6.95. The van der Waals surface area contributed by atoms with Gasteiger partial charge in [-0.15, -0.1) is 0 Å². The van der Waals surface area contributed by atoms with Gasteiger partial charge in [0, 0.05) is 18.6 Å². The maximum Gasteiger partial charge on any atom is 0.243 e. The van der Waals surface area contributed by atoms with Crippen LogP contribution in [0.3, 0.4) is 0 Å². The molecular weight excluding hydrogens is 279 g/mol. The van der Waals surface area contributed by atoms with E-state index in [-0.39, 0.29) is 4.90 Å². The SMILES string of the molecule is CCN(C1(CN)CCCC1)S(=O)(=O)c1cccc(F)c1. The molecule has 6 heteroatoms. The van der Waals surface area contributed by atoms with Crippen LogP contribution < -0.4 is 5.73 Å². The van der Waals surface area contributed by atoms with Gasteiger partial charge in [0.25, 0.3) is 0 Å². The molecule has 1 saturated carbocycles. The van der Waals surface area contributed by atoms with E-state index in [0.29, 0.717) is 13.1 Å². The minimum absolute atomic E-state index is 0.000856. The highest BCUT2D eigenvalue weighted by Crippen LogP contribution is 2.37. The lowest BCUT2D eigenvalue weighted by Crippen LogP contribution is -2.54. The van der Waals surface area contributed by atoms with Crippen LogP contribution in [0.15, 0.2) is 29.2 Å². The maximum atomic E-state index is 13.3. The minimum Gasteiger partial charge on any atom is -0.329 e. The third-order valence-corrected chi connectivity index (χ3v) is 6.19. The van der Waals surface area contributed by atoms with Crippen molar-refractivity contribution in [2.45, 2.75) is 43.0 Å². The van der Waals surface area contributed by atoms with Crippen molar-refractivity contribution in [1.82, 2.24) is 4.31 Å². The van der Waals surface area contributed by atoms with Crippen LogP contribution in [0.2, 0.25) is 0 Å². The van der Waals surface area contributed by atoms with Crippen molar-refractivity contribution in [3.8, 4) is 0 Å². The van der Waals surface area contributed by atoms with Gasteiger partial charge in [0.2, 0.25) is 10.0 Å². The van der Waals surface area contributed by atoms with Gasteiger partial charge in [-0.2, -0.15) is 4.31 Å². The summed E-state index contributed by atoms with van der Waals surface area (Å²) >= 11 is 0. The van der Waals surface area contributed by atoms with Gasteiger partial charge < -0.3 is 5.73 Å². The van der Waals surface area contributed by atoms with Gasteiger partial charge in [-0.05, 0) is 31.0 Å². The summed E-state index contributed by atoms with van der Waals surface area (Å²) in [6, 6.07) is 5.15. The van der Waals surface area contributed by atoms with Crippen LogP contribution in [-0.4, -0.2) is 31.4 Å². The lowest BCUT2D eigenvalue weighted by molar-refractivity contribution is 0.205. The molecule has 20 heavy (non-hydrogen) atoms. The zero-order chi connectivity index (χ0) is 14.8. The van der Waals surface area contributed by atoms with Crippen molar-refractivity contribution in [3.63, 3.8) is 0 Å². The third kappa shape index (κ3) is 2.60. The molecule has 0 bridgehead atoms. The number of sulfonamides is 1.